The molecule has 1 saturated heterocycles. The standard InChI is InChI=1S/C23H25N3O3/c27-16-20-11-14-25(23(28)29-17-18-5-2-1-3-6-18)15-22(20)19-7-9-21(10-8-19)26-13-4-12-24-26/h1-10,12-13,20,22,27H,11,14-17H2/t20-,22-/m0/s1. The minimum absolute atomic E-state index is 0.0738. The van der Waals surface area contributed by atoms with Gasteiger partial charge in [-0.25, -0.2) is 9.48 Å². The molecule has 4 rings (SSSR count). The van der Waals surface area contributed by atoms with Crippen LogP contribution in [0.1, 0.15) is 23.5 Å². The Hall–Kier alpha value is -3.12. The van der Waals surface area contributed by atoms with E-state index in [1.165, 1.54) is 0 Å². The molecule has 2 aromatic carbocycles. The van der Waals surface area contributed by atoms with Crippen molar-refractivity contribution < 1.29 is 14.6 Å². The molecule has 0 bridgehead atoms. The fourth-order valence-electron chi connectivity index (χ4n) is 3.87. The Bertz CT molecular complexity index is 910. The van der Waals surface area contributed by atoms with Crippen molar-refractivity contribution >= 4 is 6.09 Å². The van der Waals surface area contributed by atoms with E-state index in [0.717, 1.165) is 23.2 Å². The number of ether oxygens (including phenoxy) is 1. The molecule has 0 saturated carbocycles. The molecule has 0 unspecified atom stereocenters. The van der Waals surface area contributed by atoms with Crippen LogP contribution in [0.5, 0.6) is 0 Å². The average Bonchev–Trinajstić information content (AvgIpc) is 3.33. The zero-order valence-electron chi connectivity index (χ0n) is 16.2. The van der Waals surface area contributed by atoms with Gasteiger partial charge in [-0.1, -0.05) is 42.5 Å². The third-order valence-electron chi connectivity index (χ3n) is 5.54. The second kappa shape index (κ2) is 8.92. The predicted molar refractivity (Wildman–Crippen MR) is 110 cm³/mol. The highest BCUT2D eigenvalue weighted by molar-refractivity contribution is 5.68. The fourth-order valence-corrected chi connectivity index (χ4v) is 3.87. The van der Waals surface area contributed by atoms with Gasteiger partial charge in [0.15, 0.2) is 0 Å². The first kappa shape index (κ1) is 19.2. The van der Waals surface area contributed by atoms with Crippen molar-refractivity contribution in [3.8, 4) is 5.69 Å². The molecule has 150 valence electrons. The van der Waals surface area contributed by atoms with E-state index in [-0.39, 0.29) is 31.1 Å². The maximum Gasteiger partial charge on any atom is 0.410 e. The number of hydrogen-bond acceptors (Lipinski definition) is 4. The van der Waals surface area contributed by atoms with Crippen molar-refractivity contribution in [1.82, 2.24) is 14.7 Å². The monoisotopic (exact) mass is 391 g/mol. The molecule has 6 heteroatoms. The smallest absolute Gasteiger partial charge is 0.410 e. The summed E-state index contributed by atoms with van der Waals surface area (Å²) in [6.07, 6.45) is 4.10. The molecule has 1 amide bonds. The summed E-state index contributed by atoms with van der Waals surface area (Å²) in [5, 5.41) is 14.1. The van der Waals surface area contributed by atoms with E-state index >= 15 is 0 Å². The molecule has 1 aliphatic heterocycles. The number of aliphatic hydroxyl groups is 1. The topological polar surface area (TPSA) is 67.6 Å². The number of amides is 1. The third kappa shape index (κ3) is 4.49. The quantitative estimate of drug-likeness (QED) is 0.722. The summed E-state index contributed by atoms with van der Waals surface area (Å²) in [4.78, 5) is 14.3. The first-order chi connectivity index (χ1) is 14.2. The van der Waals surface area contributed by atoms with Gasteiger partial charge in [-0.2, -0.15) is 5.10 Å². The first-order valence-corrected chi connectivity index (χ1v) is 9.91. The maximum atomic E-state index is 12.6. The van der Waals surface area contributed by atoms with E-state index in [4.69, 9.17) is 4.74 Å². The molecule has 1 N–H and O–H groups in total. The second-order valence-electron chi connectivity index (χ2n) is 7.37. The number of benzene rings is 2. The van der Waals surface area contributed by atoms with Crippen molar-refractivity contribution in [3.63, 3.8) is 0 Å². The molecular weight excluding hydrogens is 366 g/mol. The number of carbonyl (C=O) groups is 1. The predicted octanol–water partition coefficient (Wildman–Crippen LogP) is 3.61. The number of aromatic nitrogens is 2. The highest BCUT2D eigenvalue weighted by Crippen LogP contribution is 2.33. The van der Waals surface area contributed by atoms with Crippen molar-refractivity contribution in [3.05, 3.63) is 84.2 Å². The van der Waals surface area contributed by atoms with Gasteiger partial charge in [0.25, 0.3) is 0 Å². The highest BCUT2D eigenvalue weighted by Gasteiger charge is 2.32. The van der Waals surface area contributed by atoms with Gasteiger partial charge < -0.3 is 14.7 Å². The van der Waals surface area contributed by atoms with E-state index in [2.05, 4.69) is 17.2 Å². The Morgan fingerprint density at radius 1 is 1.10 bits per heavy atom. The number of rotatable bonds is 5. The van der Waals surface area contributed by atoms with Crippen molar-refractivity contribution in [2.75, 3.05) is 19.7 Å². The van der Waals surface area contributed by atoms with Crippen LogP contribution in [0, 0.1) is 5.92 Å². The Labute approximate surface area is 170 Å². The normalized spacial score (nSPS) is 19.1. The SMILES string of the molecule is O=C(OCc1ccccc1)N1CC[C@@H](CO)[C@H](c2ccc(-n3cccn3)cc2)C1. The van der Waals surface area contributed by atoms with E-state index < -0.39 is 0 Å². The van der Waals surface area contributed by atoms with Gasteiger partial charge in [-0.05, 0) is 41.7 Å². The minimum Gasteiger partial charge on any atom is -0.445 e. The van der Waals surface area contributed by atoms with Gasteiger partial charge in [0, 0.05) is 38.0 Å². The number of hydrogen-bond donors (Lipinski definition) is 1. The summed E-state index contributed by atoms with van der Waals surface area (Å²) in [6, 6.07) is 19.7. The Kier molecular flexibility index (Phi) is 5.91. The lowest BCUT2D eigenvalue weighted by Crippen LogP contribution is -2.43. The average molecular weight is 391 g/mol. The van der Waals surface area contributed by atoms with Crippen LogP contribution in [0.3, 0.4) is 0 Å². The van der Waals surface area contributed by atoms with E-state index in [1.807, 2.05) is 54.7 Å². The van der Waals surface area contributed by atoms with Gasteiger partial charge in [-0.3, -0.25) is 0 Å². The number of likely N-dealkylation sites (tertiary alicyclic amines) is 1. The van der Waals surface area contributed by atoms with Crippen LogP contribution < -0.4 is 0 Å². The van der Waals surface area contributed by atoms with Crippen molar-refractivity contribution in [1.29, 1.82) is 0 Å². The van der Waals surface area contributed by atoms with Gasteiger partial charge in [-0.15, -0.1) is 0 Å². The zero-order chi connectivity index (χ0) is 20.1. The van der Waals surface area contributed by atoms with Crippen LogP contribution in [-0.4, -0.2) is 45.6 Å². The molecule has 2 atom stereocenters. The van der Waals surface area contributed by atoms with E-state index in [1.54, 1.807) is 15.8 Å². The van der Waals surface area contributed by atoms with Gasteiger partial charge in [0.1, 0.15) is 6.61 Å². The molecular formula is C23H25N3O3. The third-order valence-corrected chi connectivity index (χ3v) is 5.54. The maximum absolute atomic E-state index is 12.6. The number of piperidine rings is 1. The first-order valence-electron chi connectivity index (χ1n) is 9.91. The summed E-state index contributed by atoms with van der Waals surface area (Å²) in [7, 11) is 0. The van der Waals surface area contributed by atoms with Gasteiger partial charge in [0.05, 0.1) is 5.69 Å². The second-order valence-corrected chi connectivity index (χ2v) is 7.37. The Balaban J connectivity index is 1.43. The molecule has 0 aliphatic carbocycles. The van der Waals surface area contributed by atoms with Crippen LogP contribution in [0.2, 0.25) is 0 Å². The van der Waals surface area contributed by atoms with Crippen LogP contribution in [0.4, 0.5) is 4.79 Å². The van der Waals surface area contributed by atoms with E-state index in [0.29, 0.717) is 13.1 Å². The molecule has 2 heterocycles. The molecule has 0 spiro atoms. The fraction of sp³-hybridized carbons (Fsp3) is 0.304. The lowest BCUT2D eigenvalue weighted by Gasteiger charge is -2.37. The van der Waals surface area contributed by atoms with Gasteiger partial charge >= 0.3 is 6.09 Å². The van der Waals surface area contributed by atoms with Crippen molar-refractivity contribution in [2.24, 2.45) is 5.92 Å². The summed E-state index contributed by atoms with van der Waals surface area (Å²) < 4.78 is 7.31. The Morgan fingerprint density at radius 3 is 2.59 bits per heavy atom. The lowest BCUT2D eigenvalue weighted by molar-refractivity contribution is 0.0654. The number of carbonyl (C=O) groups excluding carboxylic acids is 1. The van der Waals surface area contributed by atoms with Gasteiger partial charge in [0.2, 0.25) is 0 Å². The summed E-state index contributed by atoms with van der Waals surface area (Å²) in [5.41, 5.74) is 3.06. The minimum atomic E-state index is -0.302. The van der Waals surface area contributed by atoms with Crippen LogP contribution in [-0.2, 0) is 11.3 Å². The molecule has 1 aromatic heterocycles. The summed E-state index contributed by atoms with van der Waals surface area (Å²) in [6.45, 7) is 1.52. The molecule has 1 aliphatic rings. The molecule has 3 aromatic rings. The van der Waals surface area contributed by atoms with Crippen LogP contribution in [0.25, 0.3) is 5.69 Å². The lowest BCUT2D eigenvalue weighted by atomic mass is 9.81. The molecule has 6 nitrogen and oxygen atoms in total. The molecule has 29 heavy (non-hydrogen) atoms. The molecule has 1 fully saturated rings. The summed E-state index contributed by atoms with van der Waals surface area (Å²) >= 11 is 0. The van der Waals surface area contributed by atoms with Crippen LogP contribution in [0.15, 0.2) is 73.1 Å². The Morgan fingerprint density at radius 2 is 1.90 bits per heavy atom. The molecule has 0 radical (unpaired) electrons. The number of nitrogens with zero attached hydrogens (tertiary/aromatic N) is 3. The number of aliphatic hydroxyl groups excluding tert-OH is 1. The summed E-state index contributed by atoms with van der Waals surface area (Å²) in [5.74, 6) is 0.202. The highest BCUT2D eigenvalue weighted by atomic mass is 16.6. The van der Waals surface area contributed by atoms with Crippen LogP contribution >= 0.6 is 0 Å². The van der Waals surface area contributed by atoms with E-state index in [9.17, 15) is 9.90 Å². The zero-order valence-corrected chi connectivity index (χ0v) is 16.2. The van der Waals surface area contributed by atoms with Crippen molar-refractivity contribution in [2.45, 2.75) is 18.9 Å². The largest absolute Gasteiger partial charge is 0.445 e.